The Balaban J connectivity index is 2.98. The Hall–Kier alpha value is -0.970. The summed E-state index contributed by atoms with van der Waals surface area (Å²) in [6, 6.07) is 2.10. The van der Waals surface area contributed by atoms with Gasteiger partial charge in [-0.15, -0.1) is 0 Å². The zero-order valence-corrected chi connectivity index (χ0v) is 10.0. The molecule has 3 N–H and O–H groups in total. The van der Waals surface area contributed by atoms with Crippen molar-refractivity contribution in [2.75, 3.05) is 7.11 Å². The Morgan fingerprint density at radius 3 is 2.62 bits per heavy atom. The smallest absolute Gasteiger partial charge is 0.320 e. The Kier molecular flexibility index (Phi) is 4.41. The summed E-state index contributed by atoms with van der Waals surface area (Å²) in [6.07, 6.45) is 0.123. The third-order valence-corrected chi connectivity index (χ3v) is 2.73. The molecule has 0 amide bonds. The van der Waals surface area contributed by atoms with Gasteiger partial charge in [0, 0.05) is 11.1 Å². The van der Waals surface area contributed by atoms with Crippen molar-refractivity contribution in [3.8, 4) is 5.75 Å². The van der Waals surface area contributed by atoms with Crippen molar-refractivity contribution in [1.29, 1.82) is 0 Å². The first kappa shape index (κ1) is 13.1. The van der Waals surface area contributed by atoms with Gasteiger partial charge in [0.25, 0.3) is 0 Å². The molecule has 16 heavy (non-hydrogen) atoms. The monoisotopic (exact) mass is 263 g/mol. The van der Waals surface area contributed by atoms with E-state index >= 15 is 0 Å². The Morgan fingerprint density at radius 1 is 1.50 bits per heavy atom. The normalized spacial score (nSPS) is 12.2. The second-order valence-corrected chi connectivity index (χ2v) is 4.04. The molecule has 0 aliphatic carbocycles. The van der Waals surface area contributed by atoms with Gasteiger partial charge in [-0.3, -0.25) is 4.79 Å². The molecular weight excluding hydrogens is 253 g/mol. The Bertz CT molecular complexity index is 409. The first-order chi connectivity index (χ1) is 7.45. The van der Waals surface area contributed by atoms with Crippen molar-refractivity contribution in [2.45, 2.75) is 12.5 Å². The van der Waals surface area contributed by atoms with Crippen LogP contribution in [-0.2, 0) is 11.2 Å². The van der Waals surface area contributed by atoms with Crippen LogP contribution in [0.4, 0.5) is 0 Å². The number of benzene rings is 1. The number of rotatable bonds is 4. The predicted octanol–water partition coefficient (Wildman–Crippen LogP) is 1.96. The van der Waals surface area contributed by atoms with E-state index in [9.17, 15) is 4.79 Å². The number of methoxy groups -OCH3 is 1. The Labute approximate surface area is 103 Å². The summed E-state index contributed by atoms with van der Waals surface area (Å²) in [5.74, 6) is -0.637. The number of aliphatic carboxylic acids is 1. The molecule has 4 nitrogen and oxygen atoms in total. The van der Waals surface area contributed by atoms with Gasteiger partial charge < -0.3 is 15.6 Å². The van der Waals surface area contributed by atoms with Gasteiger partial charge in [-0.25, -0.2) is 0 Å². The summed E-state index contributed by atoms with van der Waals surface area (Å²) in [5.41, 5.74) is 5.99. The van der Waals surface area contributed by atoms with Crippen LogP contribution in [0.1, 0.15) is 5.56 Å². The molecule has 1 atom stereocenters. The molecule has 0 heterocycles. The molecule has 1 rings (SSSR count). The summed E-state index contributed by atoms with van der Waals surface area (Å²) in [6.45, 7) is 0. The van der Waals surface area contributed by atoms with Gasteiger partial charge in [-0.2, -0.15) is 0 Å². The Morgan fingerprint density at radius 2 is 2.12 bits per heavy atom. The first-order valence-electron chi connectivity index (χ1n) is 4.46. The van der Waals surface area contributed by atoms with Gasteiger partial charge in [0.15, 0.2) is 0 Å². The van der Waals surface area contributed by atoms with Crippen LogP contribution in [0.5, 0.6) is 5.75 Å². The van der Waals surface area contributed by atoms with Crippen molar-refractivity contribution in [3.63, 3.8) is 0 Å². The number of ether oxygens (including phenoxy) is 1. The van der Waals surface area contributed by atoms with E-state index in [1.807, 2.05) is 0 Å². The quantitative estimate of drug-likeness (QED) is 0.871. The minimum Gasteiger partial charge on any atom is -0.495 e. The van der Waals surface area contributed by atoms with E-state index in [0.29, 0.717) is 21.4 Å². The fourth-order valence-electron chi connectivity index (χ4n) is 1.21. The molecule has 0 saturated carbocycles. The van der Waals surface area contributed by atoms with E-state index in [4.69, 9.17) is 38.8 Å². The number of hydrogen-bond acceptors (Lipinski definition) is 3. The highest BCUT2D eigenvalue weighted by molar-refractivity contribution is 6.34. The maximum absolute atomic E-state index is 10.6. The highest BCUT2D eigenvalue weighted by Gasteiger charge is 2.15. The van der Waals surface area contributed by atoms with Crippen molar-refractivity contribution in [2.24, 2.45) is 5.73 Å². The van der Waals surface area contributed by atoms with E-state index in [2.05, 4.69) is 0 Å². The number of nitrogens with two attached hydrogens (primary N) is 1. The maximum Gasteiger partial charge on any atom is 0.320 e. The van der Waals surface area contributed by atoms with Crippen molar-refractivity contribution in [1.82, 2.24) is 0 Å². The molecule has 0 aliphatic rings. The summed E-state index contributed by atoms with van der Waals surface area (Å²) in [4.78, 5) is 10.6. The molecule has 0 radical (unpaired) electrons. The minimum absolute atomic E-state index is 0.123. The third kappa shape index (κ3) is 3.01. The van der Waals surface area contributed by atoms with Crippen molar-refractivity contribution in [3.05, 3.63) is 27.7 Å². The molecule has 0 aromatic heterocycles. The SMILES string of the molecule is COc1cc(Cl)c(C[C@H](N)C(=O)O)cc1Cl. The van der Waals surface area contributed by atoms with E-state index in [0.717, 1.165) is 0 Å². The van der Waals surface area contributed by atoms with Gasteiger partial charge in [0.1, 0.15) is 11.8 Å². The molecule has 0 unspecified atom stereocenters. The van der Waals surface area contributed by atoms with Crippen LogP contribution in [-0.4, -0.2) is 24.2 Å². The molecule has 0 spiro atoms. The molecule has 88 valence electrons. The number of carbonyl (C=O) groups is 1. The molecule has 0 aliphatic heterocycles. The van der Waals surface area contributed by atoms with Crippen LogP contribution in [0.2, 0.25) is 10.0 Å². The maximum atomic E-state index is 10.6. The highest BCUT2D eigenvalue weighted by Crippen LogP contribution is 2.31. The highest BCUT2D eigenvalue weighted by atomic mass is 35.5. The van der Waals surface area contributed by atoms with Crippen LogP contribution >= 0.6 is 23.2 Å². The fourth-order valence-corrected chi connectivity index (χ4v) is 1.70. The summed E-state index contributed by atoms with van der Waals surface area (Å²) < 4.78 is 4.97. The summed E-state index contributed by atoms with van der Waals surface area (Å²) in [7, 11) is 1.47. The molecule has 6 heteroatoms. The lowest BCUT2D eigenvalue weighted by atomic mass is 10.1. The molecule has 0 bridgehead atoms. The fraction of sp³-hybridized carbons (Fsp3) is 0.300. The van der Waals surface area contributed by atoms with Crippen molar-refractivity contribution < 1.29 is 14.6 Å². The minimum atomic E-state index is -1.08. The average Bonchev–Trinajstić information content (AvgIpc) is 2.22. The summed E-state index contributed by atoms with van der Waals surface area (Å²) >= 11 is 11.8. The predicted molar refractivity (Wildman–Crippen MR) is 62.3 cm³/mol. The number of carboxylic acid groups (broad SMARTS) is 1. The van der Waals surface area contributed by atoms with E-state index in [1.54, 1.807) is 6.07 Å². The largest absolute Gasteiger partial charge is 0.495 e. The van der Waals surface area contributed by atoms with Crippen molar-refractivity contribution >= 4 is 29.2 Å². The second-order valence-electron chi connectivity index (χ2n) is 3.23. The van der Waals surface area contributed by atoms with Gasteiger partial charge >= 0.3 is 5.97 Å². The molecular formula is C10H11Cl2NO3. The molecule has 0 fully saturated rings. The lowest BCUT2D eigenvalue weighted by Gasteiger charge is -2.11. The van der Waals surface area contributed by atoms with Crippen LogP contribution in [0.3, 0.4) is 0 Å². The van der Waals surface area contributed by atoms with Crippen LogP contribution < -0.4 is 10.5 Å². The van der Waals surface area contributed by atoms with Crippen LogP contribution in [0, 0.1) is 0 Å². The van der Waals surface area contributed by atoms with Crippen LogP contribution in [0.25, 0.3) is 0 Å². The van der Waals surface area contributed by atoms with Gasteiger partial charge in [0.05, 0.1) is 12.1 Å². The third-order valence-electron chi connectivity index (χ3n) is 2.08. The van der Waals surface area contributed by atoms with E-state index < -0.39 is 12.0 Å². The lowest BCUT2D eigenvalue weighted by Crippen LogP contribution is -2.32. The van der Waals surface area contributed by atoms with E-state index in [1.165, 1.54) is 13.2 Å². The van der Waals surface area contributed by atoms with Crippen LogP contribution in [0.15, 0.2) is 12.1 Å². The molecule has 1 aromatic carbocycles. The lowest BCUT2D eigenvalue weighted by molar-refractivity contribution is -0.138. The number of hydrogen-bond donors (Lipinski definition) is 2. The molecule has 1 aromatic rings. The topological polar surface area (TPSA) is 72.5 Å². The zero-order valence-electron chi connectivity index (χ0n) is 8.54. The van der Waals surface area contributed by atoms with Gasteiger partial charge in [-0.05, 0) is 18.1 Å². The standard InChI is InChI=1S/C10H11Cl2NO3/c1-16-9-4-6(11)5(2-7(9)12)3-8(13)10(14)15/h2,4,8H,3,13H2,1H3,(H,14,15)/t8-/m0/s1. The number of halogens is 2. The average molecular weight is 264 g/mol. The molecule has 0 saturated heterocycles. The van der Waals surface area contributed by atoms with E-state index in [-0.39, 0.29) is 6.42 Å². The second kappa shape index (κ2) is 5.39. The zero-order chi connectivity index (χ0) is 12.3. The van der Waals surface area contributed by atoms with Gasteiger partial charge in [-0.1, -0.05) is 23.2 Å². The summed E-state index contributed by atoms with van der Waals surface area (Å²) in [5, 5.41) is 9.44. The first-order valence-corrected chi connectivity index (χ1v) is 5.21. The van der Waals surface area contributed by atoms with Gasteiger partial charge in [0.2, 0.25) is 0 Å². The number of carboxylic acids is 1.